The summed E-state index contributed by atoms with van der Waals surface area (Å²) in [5.74, 6) is 0.693. The zero-order valence-electron chi connectivity index (χ0n) is 18.0. The number of thioether (sulfide) groups is 1. The number of nitrogens with one attached hydrogen (secondary N) is 1. The van der Waals surface area contributed by atoms with Crippen LogP contribution in [-0.2, 0) is 22.6 Å². The van der Waals surface area contributed by atoms with Gasteiger partial charge in [0.2, 0.25) is 11.8 Å². The molecule has 0 saturated carbocycles. The van der Waals surface area contributed by atoms with E-state index >= 15 is 0 Å². The molecule has 1 aromatic heterocycles. The highest BCUT2D eigenvalue weighted by molar-refractivity contribution is 7.99. The second kappa shape index (κ2) is 10.8. The molecule has 8 heteroatoms. The number of anilines is 1. The first-order chi connectivity index (χ1) is 15.0. The molecule has 0 spiro atoms. The Kier molecular flexibility index (Phi) is 7.83. The lowest BCUT2D eigenvalue weighted by molar-refractivity contribution is -0.131. The smallest absolute Gasteiger partial charge is 0.243 e. The van der Waals surface area contributed by atoms with Crippen LogP contribution in [0.3, 0.4) is 0 Å². The maximum absolute atomic E-state index is 12.5. The largest absolute Gasteiger partial charge is 0.336 e. The fraction of sp³-hybridized carbons (Fsp3) is 0.304. The van der Waals surface area contributed by atoms with E-state index in [1.807, 2.05) is 60.9 Å². The number of hydrogen-bond acceptors (Lipinski definition) is 5. The quantitative estimate of drug-likeness (QED) is 0.519. The summed E-state index contributed by atoms with van der Waals surface area (Å²) < 4.78 is 2.02. The molecule has 3 rings (SSSR count). The number of aryl methyl sites for hydroxylation is 1. The fourth-order valence-electron chi connectivity index (χ4n) is 3.03. The van der Waals surface area contributed by atoms with Gasteiger partial charge in [0.25, 0.3) is 0 Å². The van der Waals surface area contributed by atoms with Crippen molar-refractivity contribution in [3.63, 3.8) is 0 Å². The Morgan fingerprint density at radius 2 is 1.77 bits per heavy atom. The third kappa shape index (κ3) is 6.42. The van der Waals surface area contributed by atoms with Crippen molar-refractivity contribution < 1.29 is 9.59 Å². The minimum absolute atomic E-state index is 0.00695. The fourth-order valence-corrected chi connectivity index (χ4v) is 3.99. The number of likely N-dealkylation sites (N-methyl/N-ethyl adjacent to an activating group) is 1. The first kappa shape index (κ1) is 22.6. The van der Waals surface area contributed by atoms with Gasteiger partial charge in [-0.1, -0.05) is 59.8 Å². The molecule has 0 unspecified atom stereocenters. The number of carbonyl (C=O) groups is 2. The van der Waals surface area contributed by atoms with Crippen molar-refractivity contribution in [2.45, 2.75) is 32.0 Å². The molecule has 2 aromatic carbocycles. The second-order valence-corrected chi connectivity index (χ2v) is 8.20. The molecule has 0 aliphatic carbocycles. The number of benzene rings is 2. The number of amides is 2. The first-order valence-electron chi connectivity index (χ1n) is 10.2. The van der Waals surface area contributed by atoms with E-state index in [2.05, 4.69) is 27.6 Å². The standard InChI is InChI=1S/C23H27N5O2S/c1-4-28-20(14-18-8-6-5-7-9-18)25-26-23(28)31-16-22(30)27(3)15-21(29)24-19-12-10-17(2)11-13-19/h5-13H,4,14-16H2,1-3H3,(H,24,29). The Balaban J connectivity index is 1.52. The lowest BCUT2D eigenvalue weighted by Crippen LogP contribution is -2.36. The average Bonchev–Trinajstić information content (AvgIpc) is 3.15. The Bertz CT molecular complexity index is 1020. The van der Waals surface area contributed by atoms with E-state index in [0.717, 1.165) is 23.5 Å². The molecule has 0 aliphatic rings. The third-order valence-electron chi connectivity index (χ3n) is 4.78. The van der Waals surface area contributed by atoms with E-state index in [-0.39, 0.29) is 24.1 Å². The summed E-state index contributed by atoms with van der Waals surface area (Å²) in [5, 5.41) is 12.1. The summed E-state index contributed by atoms with van der Waals surface area (Å²) in [6, 6.07) is 17.6. The summed E-state index contributed by atoms with van der Waals surface area (Å²) in [5.41, 5.74) is 3.00. The van der Waals surface area contributed by atoms with Crippen LogP contribution in [0.5, 0.6) is 0 Å². The van der Waals surface area contributed by atoms with Crippen LogP contribution in [0.15, 0.2) is 59.8 Å². The van der Waals surface area contributed by atoms with Gasteiger partial charge in [0.15, 0.2) is 5.16 Å². The molecular formula is C23H27N5O2S. The lowest BCUT2D eigenvalue weighted by atomic mass is 10.1. The molecule has 2 amide bonds. The number of nitrogens with zero attached hydrogens (tertiary/aromatic N) is 4. The number of hydrogen-bond donors (Lipinski definition) is 1. The van der Waals surface area contributed by atoms with E-state index in [4.69, 9.17) is 0 Å². The molecule has 3 aromatic rings. The Hall–Kier alpha value is -3.13. The van der Waals surface area contributed by atoms with Crippen molar-refractivity contribution in [1.29, 1.82) is 0 Å². The number of aromatic nitrogens is 3. The van der Waals surface area contributed by atoms with Gasteiger partial charge < -0.3 is 14.8 Å². The SMILES string of the molecule is CCn1c(Cc2ccccc2)nnc1SCC(=O)N(C)CC(=O)Nc1ccc(C)cc1. The molecule has 0 aliphatic heterocycles. The van der Waals surface area contributed by atoms with Gasteiger partial charge in [-0.25, -0.2) is 0 Å². The van der Waals surface area contributed by atoms with Crippen LogP contribution in [0.2, 0.25) is 0 Å². The Morgan fingerprint density at radius 1 is 1.06 bits per heavy atom. The minimum Gasteiger partial charge on any atom is -0.336 e. The topological polar surface area (TPSA) is 80.1 Å². The summed E-state index contributed by atoms with van der Waals surface area (Å²) in [7, 11) is 1.63. The van der Waals surface area contributed by atoms with Crippen LogP contribution < -0.4 is 5.32 Å². The van der Waals surface area contributed by atoms with Crippen LogP contribution in [0.25, 0.3) is 0 Å². The van der Waals surface area contributed by atoms with Gasteiger partial charge in [0.05, 0.1) is 12.3 Å². The van der Waals surface area contributed by atoms with Gasteiger partial charge in [0, 0.05) is 25.7 Å². The van der Waals surface area contributed by atoms with Crippen molar-refractivity contribution in [2.75, 3.05) is 24.7 Å². The van der Waals surface area contributed by atoms with Crippen LogP contribution in [0.4, 0.5) is 5.69 Å². The maximum Gasteiger partial charge on any atom is 0.243 e. The molecule has 0 radical (unpaired) electrons. The molecule has 0 saturated heterocycles. The third-order valence-corrected chi connectivity index (χ3v) is 5.73. The predicted molar refractivity (Wildman–Crippen MR) is 123 cm³/mol. The molecule has 0 fully saturated rings. The number of rotatable bonds is 9. The van der Waals surface area contributed by atoms with Crippen molar-refractivity contribution in [2.24, 2.45) is 0 Å². The Morgan fingerprint density at radius 3 is 2.45 bits per heavy atom. The van der Waals surface area contributed by atoms with Crippen molar-refractivity contribution in [3.05, 3.63) is 71.5 Å². The van der Waals surface area contributed by atoms with Crippen LogP contribution >= 0.6 is 11.8 Å². The normalized spacial score (nSPS) is 10.7. The summed E-state index contributed by atoms with van der Waals surface area (Å²) in [4.78, 5) is 26.2. The molecule has 0 atom stereocenters. The van der Waals surface area contributed by atoms with Crippen molar-refractivity contribution in [3.8, 4) is 0 Å². The average molecular weight is 438 g/mol. The van der Waals surface area contributed by atoms with Crippen LogP contribution in [0, 0.1) is 6.92 Å². The van der Waals surface area contributed by atoms with Gasteiger partial charge in [-0.15, -0.1) is 10.2 Å². The van der Waals surface area contributed by atoms with Crippen LogP contribution in [-0.4, -0.2) is 50.8 Å². The highest BCUT2D eigenvalue weighted by Crippen LogP contribution is 2.19. The molecule has 0 bridgehead atoms. The van der Waals surface area contributed by atoms with Gasteiger partial charge in [0.1, 0.15) is 5.82 Å². The molecule has 31 heavy (non-hydrogen) atoms. The van der Waals surface area contributed by atoms with Gasteiger partial charge >= 0.3 is 0 Å². The van der Waals surface area contributed by atoms with Crippen LogP contribution in [0.1, 0.15) is 23.9 Å². The first-order valence-corrected chi connectivity index (χ1v) is 11.1. The Labute approximate surface area is 186 Å². The second-order valence-electron chi connectivity index (χ2n) is 7.26. The van der Waals surface area contributed by atoms with E-state index in [1.165, 1.54) is 16.7 Å². The van der Waals surface area contributed by atoms with E-state index < -0.39 is 0 Å². The van der Waals surface area contributed by atoms with E-state index in [1.54, 1.807) is 7.05 Å². The van der Waals surface area contributed by atoms with Crippen molar-refractivity contribution >= 4 is 29.3 Å². The molecule has 7 nitrogen and oxygen atoms in total. The monoisotopic (exact) mass is 437 g/mol. The van der Waals surface area contributed by atoms with E-state index in [9.17, 15) is 9.59 Å². The molecule has 162 valence electrons. The van der Waals surface area contributed by atoms with E-state index in [0.29, 0.717) is 17.3 Å². The zero-order chi connectivity index (χ0) is 22.2. The van der Waals surface area contributed by atoms with Crippen molar-refractivity contribution in [1.82, 2.24) is 19.7 Å². The molecular weight excluding hydrogens is 410 g/mol. The van der Waals surface area contributed by atoms with Gasteiger partial charge in [-0.2, -0.15) is 0 Å². The zero-order valence-corrected chi connectivity index (χ0v) is 18.9. The highest BCUT2D eigenvalue weighted by Gasteiger charge is 2.17. The highest BCUT2D eigenvalue weighted by atomic mass is 32.2. The summed E-state index contributed by atoms with van der Waals surface area (Å²) >= 11 is 1.34. The maximum atomic E-state index is 12.5. The predicted octanol–water partition coefficient (Wildman–Crippen LogP) is 3.39. The molecule has 1 N–H and O–H groups in total. The summed E-state index contributed by atoms with van der Waals surface area (Å²) in [6.07, 6.45) is 0.690. The van der Waals surface area contributed by atoms with Gasteiger partial charge in [-0.3, -0.25) is 9.59 Å². The van der Waals surface area contributed by atoms with Gasteiger partial charge in [-0.05, 0) is 31.5 Å². The lowest BCUT2D eigenvalue weighted by Gasteiger charge is -2.16. The molecule has 1 heterocycles. The minimum atomic E-state index is -0.230. The number of carbonyl (C=O) groups excluding carboxylic acids is 2. The summed E-state index contributed by atoms with van der Waals surface area (Å²) in [6.45, 7) is 4.73.